The molecule has 0 spiro atoms. The standard InChI is InChI=1S/C18H20N2O2/c1-2-13-7-9-15(10-8-13)16-12-18(22-20-16)19-17(21)11-14-5-3-4-6-14/h3,5,7-10,12,14H,2,4,6,11H2,1H3,(H,19,21). The Bertz CT molecular complexity index is 671. The summed E-state index contributed by atoms with van der Waals surface area (Å²) < 4.78 is 5.21. The first-order chi connectivity index (χ1) is 10.7. The van der Waals surface area contributed by atoms with Crippen LogP contribution in [0.3, 0.4) is 0 Å². The fourth-order valence-corrected chi connectivity index (χ4v) is 2.67. The summed E-state index contributed by atoms with van der Waals surface area (Å²) in [5.74, 6) is 0.728. The Hall–Kier alpha value is -2.36. The van der Waals surface area contributed by atoms with E-state index in [-0.39, 0.29) is 5.91 Å². The Labute approximate surface area is 130 Å². The monoisotopic (exact) mass is 296 g/mol. The largest absolute Gasteiger partial charge is 0.338 e. The van der Waals surface area contributed by atoms with Crippen molar-refractivity contribution in [1.29, 1.82) is 0 Å². The molecule has 1 aromatic heterocycles. The smallest absolute Gasteiger partial charge is 0.231 e. The van der Waals surface area contributed by atoms with Crippen molar-refractivity contribution in [2.24, 2.45) is 5.92 Å². The third-order valence-electron chi connectivity index (χ3n) is 3.99. The molecule has 4 nitrogen and oxygen atoms in total. The second-order valence-corrected chi connectivity index (χ2v) is 5.64. The maximum Gasteiger partial charge on any atom is 0.231 e. The lowest BCUT2D eigenvalue weighted by Gasteiger charge is -2.05. The summed E-state index contributed by atoms with van der Waals surface area (Å²) in [5.41, 5.74) is 3.00. The lowest BCUT2D eigenvalue weighted by molar-refractivity contribution is -0.116. The fraction of sp³-hybridized carbons (Fsp3) is 0.333. The highest BCUT2D eigenvalue weighted by Crippen LogP contribution is 2.24. The topological polar surface area (TPSA) is 55.1 Å². The lowest BCUT2D eigenvalue weighted by Crippen LogP contribution is -2.14. The Balaban J connectivity index is 1.62. The van der Waals surface area contributed by atoms with Crippen LogP contribution < -0.4 is 5.32 Å². The first-order valence-electron chi connectivity index (χ1n) is 7.77. The molecule has 1 unspecified atom stereocenters. The van der Waals surface area contributed by atoms with E-state index < -0.39 is 0 Å². The molecule has 0 saturated heterocycles. The number of anilines is 1. The summed E-state index contributed by atoms with van der Waals surface area (Å²) in [6, 6.07) is 9.96. The van der Waals surface area contributed by atoms with Crippen molar-refractivity contribution in [2.75, 3.05) is 5.32 Å². The summed E-state index contributed by atoms with van der Waals surface area (Å²) in [6.07, 6.45) is 7.87. The molecule has 1 heterocycles. The van der Waals surface area contributed by atoms with E-state index in [9.17, 15) is 4.79 Å². The average molecular weight is 296 g/mol. The van der Waals surface area contributed by atoms with Gasteiger partial charge in [-0.25, -0.2) is 0 Å². The molecule has 0 bridgehead atoms. The average Bonchev–Trinajstić information content (AvgIpc) is 3.19. The minimum Gasteiger partial charge on any atom is -0.338 e. The molecule has 0 radical (unpaired) electrons. The van der Waals surface area contributed by atoms with Crippen molar-refractivity contribution in [3.8, 4) is 11.3 Å². The molecule has 0 aliphatic heterocycles. The SMILES string of the molecule is CCc1ccc(-c2cc(NC(=O)CC3C=CCC3)on2)cc1. The molecule has 0 saturated carbocycles. The molecular formula is C18H20N2O2. The van der Waals surface area contributed by atoms with E-state index in [2.05, 4.69) is 41.7 Å². The number of allylic oxidation sites excluding steroid dienone is 2. The van der Waals surface area contributed by atoms with Gasteiger partial charge in [-0.05, 0) is 30.7 Å². The number of benzene rings is 1. The molecule has 0 fully saturated rings. The van der Waals surface area contributed by atoms with E-state index in [0.29, 0.717) is 18.2 Å². The van der Waals surface area contributed by atoms with Gasteiger partial charge in [-0.2, -0.15) is 0 Å². The quantitative estimate of drug-likeness (QED) is 0.841. The number of aromatic nitrogens is 1. The summed E-state index contributed by atoms with van der Waals surface area (Å²) >= 11 is 0. The number of carbonyl (C=O) groups is 1. The second-order valence-electron chi connectivity index (χ2n) is 5.64. The van der Waals surface area contributed by atoms with Gasteiger partial charge in [-0.1, -0.05) is 48.5 Å². The molecule has 1 aliphatic rings. The van der Waals surface area contributed by atoms with Crippen LogP contribution in [-0.4, -0.2) is 11.1 Å². The van der Waals surface area contributed by atoms with Gasteiger partial charge in [0.05, 0.1) is 0 Å². The first-order valence-corrected chi connectivity index (χ1v) is 7.77. The Morgan fingerprint density at radius 3 is 2.86 bits per heavy atom. The zero-order valence-electron chi connectivity index (χ0n) is 12.7. The van der Waals surface area contributed by atoms with E-state index in [1.807, 2.05) is 12.1 Å². The molecule has 1 N–H and O–H groups in total. The molecular weight excluding hydrogens is 276 g/mol. The minimum atomic E-state index is -0.0272. The van der Waals surface area contributed by atoms with E-state index >= 15 is 0 Å². The zero-order valence-corrected chi connectivity index (χ0v) is 12.7. The van der Waals surface area contributed by atoms with Gasteiger partial charge >= 0.3 is 0 Å². The molecule has 3 rings (SSSR count). The van der Waals surface area contributed by atoms with E-state index in [1.165, 1.54) is 5.56 Å². The van der Waals surface area contributed by atoms with Gasteiger partial charge in [0.1, 0.15) is 5.69 Å². The number of hydrogen-bond donors (Lipinski definition) is 1. The number of aryl methyl sites for hydroxylation is 1. The maximum absolute atomic E-state index is 12.0. The van der Waals surface area contributed by atoms with Crippen LogP contribution in [0.25, 0.3) is 11.3 Å². The lowest BCUT2D eigenvalue weighted by atomic mass is 10.1. The normalized spacial score (nSPS) is 16.9. The molecule has 1 atom stereocenters. The van der Waals surface area contributed by atoms with Gasteiger partial charge in [0.15, 0.2) is 0 Å². The van der Waals surface area contributed by atoms with Crippen molar-refractivity contribution in [2.45, 2.75) is 32.6 Å². The number of hydrogen-bond acceptors (Lipinski definition) is 3. The van der Waals surface area contributed by atoms with Crippen LogP contribution in [0.4, 0.5) is 5.88 Å². The molecule has 2 aromatic rings. The van der Waals surface area contributed by atoms with Crippen molar-refractivity contribution < 1.29 is 9.32 Å². The van der Waals surface area contributed by atoms with Gasteiger partial charge in [0, 0.05) is 18.1 Å². The summed E-state index contributed by atoms with van der Waals surface area (Å²) in [7, 11) is 0. The van der Waals surface area contributed by atoms with Gasteiger partial charge in [0.25, 0.3) is 0 Å². The molecule has 1 aromatic carbocycles. The highest BCUT2D eigenvalue weighted by atomic mass is 16.5. The highest BCUT2D eigenvalue weighted by Gasteiger charge is 2.15. The third kappa shape index (κ3) is 3.45. The number of nitrogens with zero attached hydrogens (tertiary/aromatic N) is 1. The minimum absolute atomic E-state index is 0.0272. The molecule has 114 valence electrons. The van der Waals surface area contributed by atoms with Gasteiger partial charge in [-0.15, -0.1) is 0 Å². The van der Waals surface area contributed by atoms with Crippen molar-refractivity contribution >= 4 is 11.8 Å². The van der Waals surface area contributed by atoms with Crippen LogP contribution in [0.15, 0.2) is 47.0 Å². The van der Waals surface area contributed by atoms with Gasteiger partial charge in [-0.3, -0.25) is 10.1 Å². The van der Waals surface area contributed by atoms with Gasteiger partial charge < -0.3 is 4.52 Å². The zero-order chi connectivity index (χ0) is 15.4. The molecule has 22 heavy (non-hydrogen) atoms. The summed E-state index contributed by atoms with van der Waals surface area (Å²) in [5, 5.41) is 6.80. The Morgan fingerprint density at radius 1 is 1.36 bits per heavy atom. The Kier molecular flexibility index (Phi) is 4.37. The van der Waals surface area contributed by atoms with Crippen LogP contribution in [0.1, 0.15) is 31.7 Å². The van der Waals surface area contributed by atoms with E-state index in [4.69, 9.17) is 4.52 Å². The van der Waals surface area contributed by atoms with Crippen LogP contribution in [0.5, 0.6) is 0 Å². The van der Waals surface area contributed by atoms with Crippen LogP contribution in [0.2, 0.25) is 0 Å². The molecule has 4 heteroatoms. The van der Waals surface area contributed by atoms with Crippen LogP contribution in [-0.2, 0) is 11.2 Å². The second kappa shape index (κ2) is 6.60. The number of rotatable bonds is 5. The predicted octanol–water partition coefficient (Wildman–Crippen LogP) is 4.20. The van der Waals surface area contributed by atoms with Crippen molar-refractivity contribution in [3.05, 3.63) is 48.0 Å². The van der Waals surface area contributed by atoms with Gasteiger partial charge in [0.2, 0.25) is 11.8 Å². The van der Waals surface area contributed by atoms with E-state index in [0.717, 1.165) is 30.5 Å². The number of carbonyl (C=O) groups excluding carboxylic acids is 1. The highest BCUT2D eigenvalue weighted by molar-refractivity contribution is 5.90. The Morgan fingerprint density at radius 2 is 2.18 bits per heavy atom. The molecule has 1 amide bonds. The maximum atomic E-state index is 12.0. The van der Waals surface area contributed by atoms with Crippen LogP contribution >= 0.6 is 0 Å². The summed E-state index contributed by atoms with van der Waals surface area (Å²) in [6.45, 7) is 2.12. The van der Waals surface area contributed by atoms with Crippen molar-refractivity contribution in [1.82, 2.24) is 5.16 Å². The van der Waals surface area contributed by atoms with Crippen molar-refractivity contribution in [3.63, 3.8) is 0 Å². The van der Waals surface area contributed by atoms with Crippen LogP contribution in [0, 0.1) is 5.92 Å². The fourth-order valence-electron chi connectivity index (χ4n) is 2.67. The molecule has 1 aliphatic carbocycles. The van der Waals surface area contributed by atoms with E-state index in [1.54, 1.807) is 6.07 Å². The third-order valence-corrected chi connectivity index (χ3v) is 3.99. The number of nitrogens with one attached hydrogen (secondary N) is 1. The number of amides is 1. The summed E-state index contributed by atoms with van der Waals surface area (Å²) in [4.78, 5) is 12.0. The first kappa shape index (κ1) is 14.6. The predicted molar refractivity (Wildman–Crippen MR) is 86.4 cm³/mol.